The number of halogens is 3. The summed E-state index contributed by atoms with van der Waals surface area (Å²) in [6.07, 6.45) is -4.49. The largest absolute Gasteiger partial charge is 0.478 e. The molecule has 0 saturated heterocycles. The number of nitrogens with one attached hydrogen (secondary N) is 1. The predicted molar refractivity (Wildman–Crippen MR) is 138 cm³/mol. The number of carbonyl (C=O) groups is 2. The minimum absolute atomic E-state index is 0.0258. The summed E-state index contributed by atoms with van der Waals surface area (Å²) >= 11 is 0. The summed E-state index contributed by atoms with van der Waals surface area (Å²) in [5.74, 6) is -1.49. The van der Waals surface area contributed by atoms with E-state index in [1.165, 1.54) is 22.9 Å². The molecule has 10 heteroatoms. The molecule has 1 heterocycles. The first-order chi connectivity index (χ1) is 18.7. The van der Waals surface area contributed by atoms with E-state index in [9.17, 15) is 22.8 Å². The fourth-order valence-electron chi connectivity index (χ4n) is 4.26. The highest BCUT2D eigenvalue weighted by Gasteiger charge is 2.30. The van der Waals surface area contributed by atoms with Crippen molar-refractivity contribution in [1.29, 1.82) is 0 Å². The molecular formula is C29H21F3N4O3. The molecule has 2 N–H and O–H groups in total. The van der Waals surface area contributed by atoms with Crippen molar-refractivity contribution in [2.45, 2.75) is 19.3 Å². The number of nitrogens with zero attached hydrogens (tertiary/aromatic N) is 3. The van der Waals surface area contributed by atoms with Crippen LogP contribution in [0.1, 0.15) is 37.4 Å². The fourth-order valence-corrected chi connectivity index (χ4v) is 4.26. The number of fused-ring (bicyclic) bond motifs is 1. The number of aromatic carboxylic acids is 1. The Bertz CT molecular complexity index is 1660. The Morgan fingerprint density at radius 3 is 2.28 bits per heavy atom. The Kier molecular flexibility index (Phi) is 6.84. The van der Waals surface area contributed by atoms with Gasteiger partial charge in [-0.2, -0.15) is 13.2 Å². The van der Waals surface area contributed by atoms with Crippen molar-refractivity contribution in [3.63, 3.8) is 0 Å². The van der Waals surface area contributed by atoms with Gasteiger partial charge in [0.25, 0.3) is 5.91 Å². The van der Waals surface area contributed by atoms with Gasteiger partial charge in [0.15, 0.2) is 0 Å². The van der Waals surface area contributed by atoms with E-state index in [0.717, 1.165) is 23.3 Å². The lowest BCUT2D eigenvalue weighted by atomic mass is 10.0. The van der Waals surface area contributed by atoms with Gasteiger partial charge in [0.1, 0.15) is 11.0 Å². The van der Waals surface area contributed by atoms with Crippen molar-refractivity contribution in [1.82, 2.24) is 20.3 Å². The van der Waals surface area contributed by atoms with E-state index in [4.69, 9.17) is 5.11 Å². The average Bonchev–Trinajstić information content (AvgIpc) is 3.34. The number of hydrogen-bond donors (Lipinski definition) is 2. The molecule has 4 aromatic carbocycles. The van der Waals surface area contributed by atoms with E-state index in [1.54, 1.807) is 30.3 Å². The highest BCUT2D eigenvalue weighted by molar-refractivity contribution is 6.06. The fraction of sp³-hybridized carbons (Fsp3) is 0.103. The van der Waals surface area contributed by atoms with Gasteiger partial charge in [0.05, 0.1) is 23.2 Å². The quantitative estimate of drug-likeness (QED) is 0.278. The summed E-state index contributed by atoms with van der Waals surface area (Å²) in [7, 11) is 0. The molecule has 0 bridgehead atoms. The van der Waals surface area contributed by atoms with Gasteiger partial charge in [-0.1, -0.05) is 59.8 Å². The minimum Gasteiger partial charge on any atom is -0.478 e. The molecule has 196 valence electrons. The molecule has 0 aliphatic carbocycles. The number of carboxylic acids is 1. The first-order valence-corrected chi connectivity index (χ1v) is 11.9. The molecule has 0 aliphatic heterocycles. The Morgan fingerprint density at radius 1 is 0.846 bits per heavy atom. The maximum atomic E-state index is 13.5. The number of alkyl halides is 3. The van der Waals surface area contributed by atoms with E-state index in [0.29, 0.717) is 22.2 Å². The molecule has 0 fully saturated rings. The Balaban J connectivity index is 1.51. The van der Waals surface area contributed by atoms with Crippen LogP contribution in [0.3, 0.4) is 0 Å². The first-order valence-electron chi connectivity index (χ1n) is 11.9. The number of carboxylic acid groups (broad SMARTS) is 1. The number of benzene rings is 4. The van der Waals surface area contributed by atoms with Crippen LogP contribution in [0.5, 0.6) is 0 Å². The van der Waals surface area contributed by atoms with Gasteiger partial charge in [0.2, 0.25) is 0 Å². The standard InChI is InChI=1S/C29H21F3N4O3/c30-29(31,32)23-8-4-5-19(13-23)17-36-26-24(27(37)33-16-18-9-11-21(12-10-18)28(38)39)14-22(15-25(26)34-35-36)20-6-2-1-3-7-20/h1-15H,16-17H2,(H,33,37)(H,38,39). The van der Waals surface area contributed by atoms with Gasteiger partial charge in [0, 0.05) is 6.54 Å². The lowest BCUT2D eigenvalue weighted by Gasteiger charge is -2.12. The summed E-state index contributed by atoms with van der Waals surface area (Å²) in [5, 5.41) is 20.3. The molecule has 39 heavy (non-hydrogen) atoms. The third-order valence-corrected chi connectivity index (χ3v) is 6.20. The summed E-state index contributed by atoms with van der Waals surface area (Å²) in [6, 6.07) is 23.9. The van der Waals surface area contributed by atoms with E-state index in [2.05, 4.69) is 15.6 Å². The first kappa shape index (κ1) is 25.7. The molecule has 0 unspecified atom stereocenters. The highest BCUT2D eigenvalue weighted by atomic mass is 19.4. The molecule has 1 amide bonds. The van der Waals surface area contributed by atoms with Crippen LogP contribution in [0.2, 0.25) is 0 Å². The Hall–Kier alpha value is -4.99. The normalized spacial score (nSPS) is 11.5. The summed E-state index contributed by atoms with van der Waals surface area (Å²) < 4.78 is 41.1. The van der Waals surface area contributed by atoms with E-state index in [-0.39, 0.29) is 24.2 Å². The lowest BCUT2D eigenvalue weighted by Crippen LogP contribution is -2.24. The number of amides is 1. The maximum absolute atomic E-state index is 13.5. The molecular weight excluding hydrogens is 509 g/mol. The van der Waals surface area contributed by atoms with Gasteiger partial charge in [-0.3, -0.25) is 4.79 Å². The molecule has 0 radical (unpaired) electrons. The van der Waals surface area contributed by atoms with Gasteiger partial charge >= 0.3 is 12.1 Å². The Labute approximate surface area is 220 Å². The maximum Gasteiger partial charge on any atom is 0.416 e. The second kappa shape index (κ2) is 10.4. The minimum atomic E-state index is -4.49. The predicted octanol–water partition coefficient (Wildman–Crippen LogP) is 5.79. The monoisotopic (exact) mass is 530 g/mol. The molecule has 0 aliphatic rings. The highest BCUT2D eigenvalue weighted by Crippen LogP contribution is 2.31. The van der Waals surface area contributed by atoms with Crippen LogP contribution in [0.15, 0.2) is 91.0 Å². The summed E-state index contributed by atoms with van der Waals surface area (Å²) in [6.45, 7) is 0.104. The summed E-state index contributed by atoms with van der Waals surface area (Å²) in [4.78, 5) is 24.6. The van der Waals surface area contributed by atoms with Crippen molar-refractivity contribution >= 4 is 22.9 Å². The van der Waals surface area contributed by atoms with Gasteiger partial charge in [-0.25, -0.2) is 9.48 Å². The second-order valence-electron chi connectivity index (χ2n) is 8.89. The zero-order valence-electron chi connectivity index (χ0n) is 20.3. The van der Waals surface area contributed by atoms with Crippen LogP contribution in [0.25, 0.3) is 22.2 Å². The SMILES string of the molecule is O=C(O)c1ccc(CNC(=O)c2cc(-c3ccccc3)cc3nnn(Cc4cccc(C(F)(F)F)c4)c23)cc1. The van der Waals surface area contributed by atoms with Crippen LogP contribution in [0.4, 0.5) is 13.2 Å². The van der Waals surface area contributed by atoms with Crippen LogP contribution in [-0.2, 0) is 19.3 Å². The molecule has 0 saturated carbocycles. The second-order valence-corrected chi connectivity index (χ2v) is 8.89. The van der Waals surface area contributed by atoms with Crippen LogP contribution in [-0.4, -0.2) is 32.0 Å². The molecule has 1 aromatic heterocycles. The summed E-state index contributed by atoms with van der Waals surface area (Å²) in [5.41, 5.74) is 3.04. The van der Waals surface area contributed by atoms with Crippen molar-refractivity contribution in [2.75, 3.05) is 0 Å². The zero-order chi connectivity index (χ0) is 27.6. The van der Waals surface area contributed by atoms with Gasteiger partial charge in [-0.05, 0) is 58.7 Å². The van der Waals surface area contributed by atoms with Gasteiger partial charge in [-0.15, -0.1) is 5.10 Å². The molecule has 5 aromatic rings. The van der Waals surface area contributed by atoms with Crippen molar-refractivity contribution < 1.29 is 27.9 Å². The smallest absolute Gasteiger partial charge is 0.416 e. The third-order valence-electron chi connectivity index (χ3n) is 6.20. The topological polar surface area (TPSA) is 97.1 Å². The third kappa shape index (κ3) is 5.64. The van der Waals surface area contributed by atoms with Crippen LogP contribution >= 0.6 is 0 Å². The average molecular weight is 531 g/mol. The lowest BCUT2D eigenvalue weighted by molar-refractivity contribution is -0.137. The Morgan fingerprint density at radius 2 is 1.59 bits per heavy atom. The molecule has 7 nitrogen and oxygen atoms in total. The van der Waals surface area contributed by atoms with E-state index in [1.807, 2.05) is 30.3 Å². The zero-order valence-corrected chi connectivity index (χ0v) is 20.3. The van der Waals surface area contributed by atoms with Crippen molar-refractivity contribution in [3.8, 4) is 11.1 Å². The van der Waals surface area contributed by atoms with Crippen LogP contribution in [0, 0.1) is 0 Å². The van der Waals surface area contributed by atoms with E-state index >= 15 is 0 Å². The van der Waals surface area contributed by atoms with Gasteiger partial charge < -0.3 is 10.4 Å². The van der Waals surface area contributed by atoms with Crippen molar-refractivity contribution in [2.24, 2.45) is 0 Å². The molecule has 5 rings (SSSR count). The number of carbonyl (C=O) groups excluding carboxylic acids is 1. The molecule has 0 spiro atoms. The number of hydrogen-bond acceptors (Lipinski definition) is 4. The number of aromatic nitrogens is 3. The molecule has 0 atom stereocenters. The number of rotatable bonds is 7. The van der Waals surface area contributed by atoms with Crippen LogP contribution < -0.4 is 5.32 Å². The van der Waals surface area contributed by atoms with Crippen molar-refractivity contribution in [3.05, 3.63) is 119 Å². The van der Waals surface area contributed by atoms with E-state index < -0.39 is 23.6 Å².